The summed E-state index contributed by atoms with van der Waals surface area (Å²) in [6.45, 7) is 1.63. The van der Waals surface area contributed by atoms with Gasteiger partial charge in [-0.1, -0.05) is 61.5 Å². The summed E-state index contributed by atoms with van der Waals surface area (Å²) in [7, 11) is 0. The standard InChI is InChI=1S/C21H23N5O3/c1-14(21(28)29)13-18(22-20(27)19-23-25-26-24-19)12-9-15-7-10-17(11-8-15)16-5-3-2-4-6-16/h2-8,10-11,14,18H,9,12-13H2,1H3,(H,22,27)(H,28,29)(H,23,24,25,26)/t14-,18-/m1/s1. The molecule has 0 unspecified atom stereocenters. The summed E-state index contributed by atoms with van der Waals surface area (Å²) in [6, 6.07) is 18.0. The van der Waals surface area contributed by atoms with E-state index in [1.165, 1.54) is 0 Å². The van der Waals surface area contributed by atoms with E-state index in [1.807, 2.05) is 18.2 Å². The summed E-state index contributed by atoms with van der Waals surface area (Å²) >= 11 is 0. The number of benzene rings is 2. The van der Waals surface area contributed by atoms with Gasteiger partial charge in [0.1, 0.15) is 0 Å². The zero-order valence-electron chi connectivity index (χ0n) is 16.1. The van der Waals surface area contributed by atoms with Crippen LogP contribution in [0.15, 0.2) is 54.6 Å². The molecule has 0 saturated carbocycles. The highest BCUT2D eigenvalue weighted by molar-refractivity contribution is 5.90. The number of nitrogens with one attached hydrogen (secondary N) is 2. The van der Waals surface area contributed by atoms with E-state index in [-0.39, 0.29) is 11.9 Å². The topological polar surface area (TPSA) is 121 Å². The average Bonchev–Trinajstić information content (AvgIpc) is 3.28. The first-order valence-electron chi connectivity index (χ1n) is 9.44. The van der Waals surface area contributed by atoms with Crippen molar-refractivity contribution >= 4 is 11.9 Å². The molecule has 8 nitrogen and oxygen atoms in total. The van der Waals surface area contributed by atoms with Crippen LogP contribution in [0.5, 0.6) is 0 Å². The number of aliphatic carboxylic acids is 1. The molecular formula is C21H23N5O3. The summed E-state index contributed by atoms with van der Waals surface area (Å²) in [5, 5.41) is 25.0. The number of amides is 1. The van der Waals surface area contributed by atoms with Crippen LogP contribution in [-0.4, -0.2) is 43.6 Å². The predicted molar refractivity (Wildman–Crippen MR) is 107 cm³/mol. The molecule has 2 aromatic carbocycles. The van der Waals surface area contributed by atoms with Crippen molar-refractivity contribution < 1.29 is 14.7 Å². The number of H-pyrrole nitrogens is 1. The Hall–Kier alpha value is -3.55. The molecule has 0 aliphatic rings. The van der Waals surface area contributed by atoms with Gasteiger partial charge < -0.3 is 10.4 Å². The first kappa shape index (κ1) is 20.2. The molecule has 1 heterocycles. The molecule has 29 heavy (non-hydrogen) atoms. The Bertz CT molecular complexity index is 927. The van der Waals surface area contributed by atoms with E-state index in [4.69, 9.17) is 0 Å². The molecule has 1 amide bonds. The summed E-state index contributed by atoms with van der Waals surface area (Å²) in [5.74, 6) is -2.01. The lowest BCUT2D eigenvalue weighted by atomic mass is 9.95. The lowest BCUT2D eigenvalue weighted by Crippen LogP contribution is -2.38. The predicted octanol–water partition coefficient (Wildman–Crippen LogP) is 2.71. The third-order valence-corrected chi connectivity index (χ3v) is 4.79. The van der Waals surface area contributed by atoms with Crippen LogP contribution in [0.4, 0.5) is 0 Å². The van der Waals surface area contributed by atoms with Gasteiger partial charge in [0.05, 0.1) is 5.92 Å². The van der Waals surface area contributed by atoms with Crippen molar-refractivity contribution in [2.75, 3.05) is 0 Å². The minimum atomic E-state index is -0.893. The van der Waals surface area contributed by atoms with Crippen molar-refractivity contribution in [1.82, 2.24) is 25.9 Å². The van der Waals surface area contributed by atoms with Gasteiger partial charge in [-0.25, -0.2) is 0 Å². The highest BCUT2D eigenvalue weighted by atomic mass is 16.4. The fourth-order valence-electron chi connectivity index (χ4n) is 3.12. The Labute approximate surface area is 168 Å². The van der Waals surface area contributed by atoms with E-state index in [9.17, 15) is 14.7 Å². The van der Waals surface area contributed by atoms with Crippen molar-refractivity contribution in [2.24, 2.45) is 5.92 Å². The van der Waals surface area contributed by atoms with Gasteiger partial charge in [0.15, 0.2) is 0 Å². The molecule has 0 radical (unpaired) electrons. The average molecular weight is 393 g/mol. The van der Waals surface area contributed by atoms with Crippen LogP contribution in [0.3, 0.4) is 0 Å². The molecule has 0 aliphatic carbocycles. The Kier molecular flexibility index (Phi) is 6.67. The fraction of sp³-hybridized carbons (Fsp3) is 0.286. The van der Waals surface area contributed by atoms with Gasteiger partial charge in [-0.05, 0) is 41.2 Å². The van der Waals surface area contributed by atoms with Gasteiger partial charge in [0.2, 0.25) is 0 Å². The maximum Gasteiger partial charge on any atom is 0.306 e. The van der Waals surface area contributed by atoms with Crippen molar-refractivity contribution in [1.29, 1.82) is 0 Å². The molecule has 0 aliphatic heterocycles. The number of aromatic amines is 1. The highest BCUT2D eigenvalue weighted by Gasteiger charge is 2.22. The Balaban J connectivity index is 1.63. The maximum absolute atomic E-state index is 12.2. The number of hydrogen-bond acceptors (Lipinski definition) is 5. The van der Waals surface area contributed by atoms with Crippen LogP contribution < -0.4 is 5.32 Å². The second-order valence-corrected chi connectivity index (χ2v) is 6.98. The molecule has 150 valence electrons. The molecule has 0 spiro atoms. The third-order valence-electron chi connectivity index (χ3n) is 4.79. The van der Waals surface area contributed by atoms with Gasteiger partial charge in [-0.3, -0.25) is 9.59 Å². The van der Waals surface area contributed by atoms with Gasteiger partial charge in [-0.2, -0.15) is 5.21 Å². The normalized spacial score (nSPS) is 12.9. The van der Waals surface area contributed by atoms with Crippen LogP contribution >= 0.6 is 0 Å². The number of aromatic nitrogens is 4. The van der Waals surface area contributed by atoms with E-state index >= 15 is 0 Å². The van der Waals surface area contributed by atoms with Crippen molar-refractivity contribution in [3.05, 3.63) is 66.0 Å². The molecule has 0 saturated heterocycles. The summed E-state index contributed by atoms with van der Waals surface area (Å²) in [4.78, 5) is 23.5. The molecule has 3 aromatic rings. The summed E-state index contributed by atoms with van der Waals surface area (Å²) < 4.78 is 0. The number of nitrogens with zero attached hydrogens (tertiary/aromatic N) is 3. The van der Waals surface area contributed by atoms with Crippen molar-refractivity contribution in [3.8, 4) is 11.1 Å². The highest BCUT2D eigenvalue weighted by Crippen LogP contribution is 2.20. The summed E-state index contributed by atoms with van der Waals surface area (Å²) in [6.07, 6.45) is 1.63. The lowest BCUT2D eigenvalue weighted by molar-refractivity contribution is -0.141. The number of carboxylic acid groups (broad SMARTS) is 1. The van der Waals surface area contributed by atoms with Gasteiger partial charge in [0, 0.05) is 6.04 Å². The first-order valence-corrected chi connectivity index (χ1v) is 9.44. The van der Waals surface area contributed by atoms with Crippen LogP contribution in [0.25, 0.3) is 11.1 Å². The van der Waals surface area contributed by atoms with E-state index in [1.54, 1.807) is 6.92 Å². The van der Waals surface area contributed by atoms with E-state index in [2.05, 4.69) is 62.3 Å². The summed E-state index contributed by atoms with van der Waals surface area (Å²) in [5.41, 5.74) is 3.40. The van der Waals surface area contributed by atoms with E-state index in [0.717, 1.165) is 16.7 Å². The fourth-order valence-corrected chi connectivity index (χ4v) is 3.12. The minimum absolute atomic E-state index is 0.0646. The van der Waals surface area contributed by atoms with Gasteiger partial charge in [-0.15, -0.1) is 10.2 Å². The number of carbonyl (C=O) groups excluding carboxylic acids is 1. The second-order valence-electron chi connectivity index (χ2n) is 6.98. The van der Waals surface area contributed by atoms with Crippen LogP contribution in [0, 0.1) is 5.92 Å². The van der Waals surface area contributed by atoms with Gasteiger partial charge >= 0.3 is 5.97 Å². The number of hydrogen-bond donors (Lipinski definition) is 3. The van der Waals surface area contributed by atoms with Crippen LogP contribution in [-0.2, 0) is 11.2 Å². The van der Waals surface area contributed by atoms with Gasteiger partial charge in [0.25, 0.3) is 11.7 Å². The first-order chi connectivity index (χ1) is 14.0. The monoisotopic (exact) mass is 393 g/mol. The van der Waals surface area contributed by atoms with Crippen molar-refractivity contribution in [2.45, 2.75) is 32.2 Å². The SMILES string of the molecule is C[C@H](C[C@@H](CCc1ccc(-c2ccccc2)cc1)NC(=O)c1nn[nH]n1)C(=O)O. The molecule has 3 N–H and O–H groups in total. The number of carbonyl (C=O) groups is 2. The Morgan fingerprint density at radius 2 is 1.76 bits per heavy atom. The maximum atomic E-state index is 12.2. The Morgan fingerprint density at radius 3 is 2.38 bits per heavy atom. The smallest absolute Gasteiger partial charge is 0.306 e. The third kappa shape index (κ3) is 5.71. The zero-order valence-corrected chi connectivity index (χ0v) is 16.1. The molecular weight excluding hydrogens is 370 g/mol. The zero-order chi connectivity index (χ0) is 20.6. The molecule has 3 rings (SSSR count). The lowest BCUT2D eigenvalue weighted by Gasteiger charge is -2.20. The van der Waals surface area contributed by atoms with E-state index < -0.39 is 17.8 Å². The Morgan fingerprint density at radius 1 is 1.07 bits per heavy atom. The molecule has 0 bridgehead atoms. The number of rotatable bonds is 9. The number of tetrazole rings is 1. The quantitative estimate of drug-likeness (QED) is 0.514. The van der Waals surface area contributed by atoms with Crippen molar-refractivity contribution in [3.63, 3.8) is 0 Å². The minimum Gasteiger partial charge on any atom is -0.481 e. The number of carboxylic acids is 1. The molecule has 8 heteroatoms. The molecule has 2 atom stereocenters. The van der Waals surface area contributed by atoms with Crippen LogP contribution in [0.2, 0.25) is 0 Å². The second kappa shape index (κ2) is 9.59. The molecule has 0 fully saturated rings. The largest absolute Gasteiger partial charge is 0.481 e. The number of aryl methyl sites for hydroxylation is 1. The van der Waals surface area contributed by atoms with Crippen LogP contribution in [0.1, 0.15) is 35.9 Å². The molecule has 1 aromatic heterocycles. The van der Waals surface area contributed by atoms with E-state index in [0.29, 0.717) is 19.3 Å².